The van der Waals surface area contributed by atoms with E-state index < -0.39 is 116 Å². The number of ether oxygens (including phenoxy) is 7. The number of hydrogen-bond donors (Lipinski definition) is 9. The van der Waals surface area contributed by atoms with Gasteiger partial charge in [0, 0.05) is 12.1 Å². The normalized spacial score (nSPS) is 32.5. The number of benzene rings is 2. The van der Waals surface area contributed by atoms with E-state index in [1.807, 2.05) is 0 Å². The lowest BCUT2D eigenvalue weighted by molar-refractivity contribution is -0.354. The number of aliphatic carboxylic acids is 1. The smallest absolute Gasteiger partial charge is 0.308 e. The Morgan fingerprint density at radius 2 is 1.62 bits per heavy atom. The minimum absolute atomic E-state index is 0.138. The van der Waals surface area contributed by atoms with Gasteiger partial charge >= 0.3 is 11.9 Å². The molecule has 0 bridgehead atoms. The summed E-state index contributed by atoms with van der Waals surface area (Å²) in [5.74, 6) is -3.91. The van der Waals surface area contributed by atoms with Crippen molar-refractivity contribution in [1.29, 1.82) is 0 Å². The van der Waals surface area contributed by atoms with Gasteiger partial charge in [-0.25, -0.2) is 0 Å². The van der Waals surface area contributed by atoms with Gasteiger partial charge in [0.25, 0.3) is 0 Å². The minimum Gasteiger partial charge on any atom is -0.507 e. The fourth-order valence-electron chi connectivity index (χ4n) is 6.20. The number of fused-ring (bicyclic) bond motifs is 1. The summed E-state index contributed by atoms with van der Waals surface area (Å²) >= 11 is 0. The molecule has 19 heteroatoms. The highest BCUT2D eigenvalue weighted by atomic mass is 16.8. The summed E-state index contributed by atoms with van der Waals surface area (Å²) in [5, 5.41) is 93.6. The van der Waals surface area contributed by atoms with E-state index in [4.69, 9.17) is 38.3 Å². The number of carboxylic acids is 1. The lowest BCUT2D eigenvalue weighted by Crippen LogP contribution is -2.64. The Morgan fingerprint density at radius 3 is 2.28 bits per heavy atom. The van der Waals surface area contributed by atoms with Crippen molar-refractivity contribution in [1.82, 2.24) is 0 Å². The number of aliphatic hydroxyl groups is 6. The molecular weight excluding hydrogens is 712 g/mol. The number of rotatable bonds is 12. The van der Waals surface area contributed by atoms with E-state index in [2.05, 4.69) is 0 Å². The van der Waals surface area contributed by atoms with Crippen LogP contribution in [0.5, 0.6) is 28.7 Å². The van der Waals surface area contributed by atoms with E-state index in [0.717, 1.165) is 13.0 Å². The maximum atomic E-state index is 13.1. The van der Waals surface area contributed by atoms with Gasteiger partial charge in [-0.15, -0.1) is 0 Å². The molecular formula is C34H42O19. The molecule has 2 fully saturated rings. The molecule has 0 aromatic heterocycles. The molecule has 0 aliphatic carbocycles. The quantitative estimate of drug-likeness (QED) is 0.118. The topological polar surface area (TPSA) is 298 Å². The Balaban J connectivity index is 1.40. The number of Topliss-reactive ketones (excluding diaryl/α,β-unsaturated/α-hetero) is 1. The SMILES string of the molecule is COc1ccc([C@@H]2CC(=O)c3c(O)cc(O[C@@H]4O[C@H](COC(=O)CC(C)(O)CC(=O)O)[C@@H](O)[C@H](O)[C@H]4O[C@@H]4O[C@@H](C)[C@H](O)[C@@H](O)[C@H]4O)cc3O2)cc1O. The zero-order chi connectivity index (χ0) is 38.9. The maximum absolute atomic E-state index is 13.1. The molecule has 3 aliphatic heterocycles. The van der Waals surface area contributed by atoms with Crippen molar-refractivity contribution in [3.8, 4) is 28.7 Å². The standard InChI is InChI=1S/C34H42O19/c1-13-26(41)28(43)30(45)32(49-13)53-31-29(44)27(42)22(12-48-24(40)11-34(2,46)10-23(38)39)52-33(31)50-15-7-17(36)25-18(37)9-20(51-21(25)8-15)14-4-5-19(47-3)16(35)6-14/h4-8,13,20,22,26-33,35-36,41-46H,9-12H2,1-3H3,(H,38,39)/t13-,20-,22+,26-,27+,28+,29-,30+,31+,32-,33+,34?/m0/s1. The molecule has 0 amide bonds. The van der Waals surface area contributed by atoms with Gasteiger partial charge in [0.05, 0.1) is 38.1 Å². The van der Waals surface area contributed by atoms with Crippen molar-refractivity contribution in [2.24, 2.45) is 0 Å². The Bertz CT molecular complexity index is 1660. The molecule has 12 atom stereocenters. The fourth-order valence-corrected chi connectivity index (χ4v) is 6.20. The Morgan fingerprint density at radius 1 is 0.906 bits per heavy atom. The van der Waals surface area contributed by atoms with Gasteiger partial charge in [0.2, 0.25) is 6.29 Å². The summed E-state index contributed by atoms with van der Waals surface area (Å²) < 4.78 is 39.2. The Labute approximate surface area is 301 Å². The molecule has 2 aromatic carbocycles. The van der Waals surface area contributed by atoms with Crippen molar-refractivity contribution in [2.75, 3.05) is 13.7 Å². The van der Waals surface area contributed by atoms with E-state index in [1.54, 1.807) is 6.07 Å². The average Bonchev–Trinajstić information content (AvgIpc) is 3.07. The summed E-state index contributed by atoms with van der Waals surface area (Å²) in [6, 6.07) is 6.65. The molecule has 292 valence electrons. The van der Waals surface area contributed by atoms with Crippen molar-refractivity contribution < 1.29 is 93.5 Å². The molecule has 0 saturated carbocycles. The molecule has 3 aliphatic rings. The lowest BCUT2D eigenvalue weighted by Gasteiger charge is -2.45. The van der Waals surface area contributed by atoms with Crippen LogP contribution in [0, 0.1) is 0 Å². The van der Waals surface area contributed by atoms with E-state index in [9.17, 15) is 55.2 Å². The van der Waals surface area contributed by atoms with Crippen LogP contribution in [-0.4, -0.2) is 144 Å². The first-order valence-electron chi connectivity index (χ1n) is 16.5. The number of carbonyl (C=O) groups is 3. The van der Waals surface area contributed by atoms with Gasteiger partial charge in [0.15, 0.2) is 29.7 Å². The van der Waals surface area contributed by atoms with Crippen molar-refractivity contribution >= 4 is 17.7 Å². The Hall–Kier alpha value is -4.31. The third kappa shape index (κ3) is 8.91. The second-order valence-corrected chi connectivity index (χ2v) is 13.3. The Kier molecular flexibility index (Phi) is 12.0. The van der Waals surface area contributed by atoms with Crippen molar-refractivity contribution in [3.05, 3.63) is 41.5 Å². The van der Waals surface area contributed by atoms with Gasteiger partial charge in [-0.1, -0.05) is 6.07 Å². The predicted molar refractivity (Wildman–Crippen MR) is 172 cm³/mol. The van der Waals surface area contributed by atoms with E-state index in [1.165, 1.54) is 32.2 Å². The van der Waals surface area contributed by atoms with Gasteiger partial charge in [0.1, 0.15) is 72.1 Å². The minimum atomic E-state index is -1.97. The number of aliphatic hydroxyl groups excluding tert-OH is 5. The summed E-state index contributed by atoms with van der Waals surface area (Å²) in [6.45, 7) is 1.74. The number of aromatic hydroxyl groups is 2. The number of hydrogen-bond acceptors (Lipinski definition) is 18. The largest absolute Gasteiger partial charge is 0.507 e. The lowest BCUT2D eigenvalue weighted by atomic mass is 9.95. The second kappa shape index (κ2) is 16.0. The monoisotopic (exact) mass is 754 g/mol. The molecule has 0 spiro atoms. The van der Waals surface area contributed by atoms with Crippen LogP contribution in [-0.2, 0) is 28.5 Å². The number of carbonyl (C=O) groups excluding carboxylic acids is 2. The number of phenolic OH excluding ortho intramolecular Hbond substituents is 2. The van der Waals surface area contributed by atoms with Crippen LogP contribution in [0.4, 0.5) is 0 Å². The van der Waals surface area contributed by atoms with Crippen LogP contribution in [0.2, 0.25) is 0 Å². The van der Waals surface area contributed by atoms with Crippen LogP contribution >= 0.6 is 0 Å². The maximum Gasteiger partial charge on any atom is 0.308 e. The summed E-state index contributed by atoms with van der Waals surface area (Å²) in [6.07, 6.45) is -19.4. The van der Waals surface area contributed by atoms with E-state index in [-0.39, 0.29) is 35.0 Å². The molecule has 3 heterocycles. The van der Waals surface area contributed by atoms with E-state index >= 15 is 0 Å². The summed E-state index contributed by atoms with van der Waals surface area (Å²) in [7, 11) is 1.37. The first kappa shape index (κ1) is 39.9. The number of phenols is 2. The average molecular weight is 755 g/mol. The van der Waals surface area contributed by atoms with Gasteiger partial charge in [-0.3, -0.25) is 14.4 Å². The highest BCUT2D eigenvalue weighted by Crippen LogP contribution is 2.44. The van der Waals surface area contributed by atoms with Crippen LogP contribution in [0.25, 0.3) is 0 Å². The summed E-state index contributed by atoms with van der Waals surface area (Å²) in [4.78, 5) is 36.6. The summed E-state index contributed by atoms with van der Waals surface area (Å²) in [5.41, 5.74) is -1.74. The molecule has 19 nitrogen and oxygen atoms in total. The van der Waals surface area contributed by atoms with Crippen molar-refractivity contribution in [3.63, 3.8) is 0 Å². The number of carboxylic acid groups (broad SMARTS) is 1. The molecule has 2 saturated heterocycles. The molecule has 2 aromatic rings. The molecule has 0 radical (unpaired) electrons. The third-order valence-electron chi connectivity index (χ3n) is 9.01. The highest BCUT2D eigenvalue weighted by Gasteiger charge is 2.51. The molecule has 5 rings (SSSR count). The van der Waals surface area contributed by atoms with Gasteiger partial charge in [-0.2, -0.15) is 0 Å². The first-order valence-corrected chi connectivity index (χ1v) is 16.5. The zero-order valence-corrected chi connectivity index (χ0v) is 28.7. The fraction of sp³-hybridized carbons (Fsp3) is 0.559. The number of methoxy groups -OCH3 is 1. The van der Waals surface area contributed by atoms with Crippen LogP contribution < -0.4 is 14.2 Å². The molecule has 1 unspecified atom stereocenters. The number of esters is 1. The number of ketones is 1. The van der Waals surface area contributed by atoms with E-state index in [0.29, 0.717) is 5.56 Å². The highest BCUT2D eigenvalue weighted by molar-refractivity contribution is 6.02. The van der Waals surface area contributed by atoms with Crippen LogP contribution in [0.1, 0.15) is 55.1 Å². The van der Waals surface area contributed by atoms with Gasteiger partial charge in [-0.05, 0) is 31.5 Å². The third-order valence-corrected chi connectivity index (χ3v) is 9.01. The van der Waals surface area contributed by atoms with Crippen molar-refractivity contribution in [2.45, 2.75) is 106 Å². The van der Waals surface area contributed by atoms with Crippen LogP contribution in [0.3, 0.4) is 0 Å². The molecule has 9 N–H and O–H groups in total. The second-order valence-electron chi connectivity index (χ2n) is 13.3. The predicted octanol–water partition coefficient (Wildman–Crippen LogP) is -0.990. The molecule has 53 heavy (non-hydrogen) atoms. The first-order chi connectivity index (χ1) is 24.9. The van der Waals surface area contributed by atoms with Crippen LogP contribution in [0.15, 0.2) is 30.3 Å². The zero-order valence-electron chi connectivity index (χ0n) is 28.7. The van der Waals surface area contributed by atoms with Gasteiger partial charge < -0.3 is 79.1 Å².